The highest BCUT2D eigenvalue weighted by molar-refractivity contribution is 6.18. The van der Waals surface area contributed by atoms with Crippen LogP contribution in [0.5, 0.6) is 0 Å². The molecular weight excluding hydrogens is 390 g/mol. The minimum atomic E-state index is -0.119. The summed E-state index contributed by atoms with van der Waals surface area (Å²) in [6.45, 7) is 5.43. The quantitative estimate of drug-likeness (QED) is 0.626. The van der Waals surface area contributed by atoms with Gasteiger partial charge in [0.25, 0.3) is 5.91 Å². The number of piperidine rings is 1. The van der Waals surface area contributed by atoms with Gasteiger partial charge in [-0.1, -0.05) is 6.92 Å². The first-order chi connectivity index (χ1) is 14.1. The first kappa shape index (κ1) is 21.9. The summed E-state index contributed by atoms with van der Waals surface area (Å²) in [4.78, 5) is 27.4. The Morgan fingerprint density at radius 2 is 2.03 bits per heavy atom. The summed E-state index contributed by atoms with van der Waals surface area (Å²) in [5.41, 5.74) is 2.18. The Kier molecular flexibility index (Phi) is 8.19. The number of carbonyl (C=O) groups excluding carboxylic acids is 2. The third-order valence-electron chi connectivity index (χ3n) is 5.70. The number of nitrogens with one attached hydrogen (secondary N) is 2. The minimum Gasteiger partial charge on any atom is -0.376 e. The van der Waals surface area contributed by atoms with Crippen LogP contribution in [0.15, 0.2) is 18.2 Å². The molecule has 0 saturated carbocycles. The van der Waals surface area contributed by atoms with E-state index in [1.165, 1.54) is 0 Å². The number of rotatable bonds is 8. The van der Waals surface area contributed by atoms with Crippen molar-refractivity contribution < 1.29 is 14.3 Å². The number of anilines is 2. The molecule has 2 saturated heterocycles. The van der Waals surface area contributed by atoms with E-state index in [0.717, 1.165) is 51.1 Å². The van der Waals surface area contributed by atoms with Gasteiger partial charge in [-0.05, 0) is 56.2 Å². The molecule has 2 aliphatic rings. The summed E-state index contributed by atoms with van der Waals surface area (Å²) in [6, 6.07) is 5.62. The largest absolute Gasteiger partial charge is 0.376 e. The molecule has 0 radical (unpaired) electrons. The lowest BCUT2D eigenvalue weighted by atomic mass is 9.97. The number of ether oxygens (including phenoxy) is 1. The number of amides is 2. The molecule has 1 aromatic rings. The van der Waals surface area contributed by atoms with Crippen LogP contribution in [0.1, 0.15) is 55.8 Å². The molecule has 1 aromatic carbocycles. The molecule has 1 atom stereocenters. The van der Waals surface area contributed by atoms with Crippen LogP contribution in [0.2, 0.25) is 0 Å². The van der Waals surface area contributed by atoms with Crippen LogP contribution in [-0.2, 0) is 9.53 Å². The Hall–Kier alpha value is -1.79. The van der Waals surface area contributed by atoms with E-state index in [-0.39, 0.29) is 17.9 Å². The van der Waals surface area contributed by atoms with Gasteiger partial charge in [-0.2, -0.15) is 0 Å². The van der Waals surface area contributed by atoms with Crippen LogP contribution in [-0.4, -0.2) is 50.0 Å². The van der Waals surface area contributed by atoms with E-state index in [1.807, 2.05) is 12.1 Å². The van der Waals surface area contributed by atoms with Crippen LogP contribution in [0.4, 0.5) is 11.4 Å². The molecule has 2 amide bonds. The first-order valence-electron chi connectivity index (χ1n) is 10.7. The zero-order valence-electron chi connectivity index (χ0n) is 17.2. The average Bonchev–Trinajstić information content (AvgIpc) is 3.25. The Labute approximate surface area is 178 Å². The zero-order valence-corrected chi connectivity index (χ0v) is 18.0. The van der Waals surface area contributed by atoms with Gasteiger partial charge in [0, 0.05) is 49.9 Å². The number of nitrogens with zero attached hydrogens (tertiary/aromatic N) is 1. The molecule has 0 aromatic heterocycles. The lowest BCUT2D eigenvalue weighted by Crippen LogP contribution is -2.36. The van der Waals surface area contributed by atoms with Crippen LogP contribution < -0.4 is 15.5 Å². The molecule has 2 fully saturated rings. The highest BCUT2D eigenvalue weighted by Gasteiger charge is 2.23. The molecule has 2 heterocycles. The second kappa shape index (κ2) is 10.8. The summed E-state index contributed by atoms with van der Waals surface area (Å²) < 4.78 is 5.62. The van der Waals surface area contributed by atoms with Crippen molar-refractivity contribution in [2.75, 3.05) is 42.3 Å². The first-order valence-corrected chi connectivity index (χ1v) is 11.2. The molecule has 0 spiro atoms. The normalized spacial score (nSPS) is 19.9. The maximum Gasteiger partial charge on any atom is 0.253 e. The summed E-state index contributed by atoms with van der Waals surface area (Å²) in [5, 5.41) is 5.91. The van der Waals surface area contributed by atoms with Gasteiger partial charge >= 0.3 is 0 Å². The molecule has 3 rings (SSSR count). The predicted octanol–water partition coefficient (Wildman–Crippen LogP) is 3.79. The van der Waals surface area contributed by atoms with Crippen molar-refractivity contribution in [3.63, 3.8) is 0 Å². The number of carbonyl (C=O) groups is 2. The third-order valence-corrected chi connectivity index (χ3v) is 5.97. The molecule has 0 unspecified atom stereocenters. The Bertz CT molecular complexity index is 699. The zero-order chi connectivity index (χ0) is 20.6. The number of hydrogen-bond acceptors (Lipinski definition) is 4. The molecule has 0 aliphatic carbocycles. The number of benzene rings is 1. The van der Waals surface area contributed by atoms with E-state index in [2.05, 4.69) is 22.5 Å². The van der Waals surface area contributed by atoms with E-state index < -0.39 is 0 Å². The SMILES string of the molecule is CC1CCN(c2ccc(NC(=O)CCCCl)cc2C(=O)NC[C@@H]2CCCO2)CC1. The van der Waals surface area contributed by atoms with Crippen molar-refractivity contribution in [3.8, 4) is 0 Å². The highest BCUT2D eigenvalue weighted by Crippen LogP contribution is 2.29. The van der Waals surface area contributed by atoms with E-state index in [4.69, 9.17) is 16.3 Å². The van der Waals surface area contributed by atoms with E-state index in [1.54, 1.807) is 6.07 Å². The molecule has 160 valence electrons. The van der Waals surface area contributed by atoms with Crippen molar-refractivity contribution in [3.05, 3.63) is 23.8 Å². The Balaban J connectivity index is 1.74. The second-order valence-corrected chi connectivity index (χ2v) is 8.47. The Morgan fingerprint density at radius 1 is 1.24 bits per heavy atom. The standard InChI is InChI=1S/C22H32ClN3O3/c1-16-8-11-26(12-9-16)20-7-6-17(25-21(27)5-2-10-23)14-19(20)22(28)24-15-18-4-3-13-29-18/h6-7,14,16,18H,2-5,8-13,15H2,1H3,(H,24,28)(H,25,27)/t18-/m0/s1. The van der Waals surface area contributed by atoms with E-state index >= 15 is 0 Å². The summed E-state index contributed by atoms with van der Waals surface area (Å²) in [5.74, 6) is 0.960. The van der Waals surface area contributed by atoms with Crippen molar-refractivity contribution in [2.45, 2.75) is 51.6 Å². The van der Waals surface area contributed by atoms with Crippen LogP contribution in [0, 0.1) is 5.92 Å². The third kappa shape index (κ3) is 6.34. The number of hydrogen-bond donors (Lipinski definition) is 2. The van der Waals surface area contributed by atoms with Gasteiger partial charge in [0.1, 0.15) is 0 Å². The summed E-state index contributed by atoms with van der Waals surface area (Å²) in [6.07, 6.45) is 5.36. The van der Waals surface area contributed by atoms with Gasteiger partial charge in [-0.3, -0.25) is 9.59 Å². The van der Waals surface area contributed by atoms with Crippen molar-refractivity contribution in [2.24, 2.45) is 5.92 Å². The van der Waals surface area contributed by atoms with Crippen LogP contribution in [0.3, 0.4) is 0 Å². The van der Waals surface area contributed by atoms with E-state index in [9.17, 15) is 9.59 Å². The Morgan fingerprint density at radius 3 is 2.72 bits per heavy atom. The van der Waals surface area contributed by atoms with Crippen molar-refractivity contribution in [1.29, 1.82) is 0 Å². The van der Waals surface area contributed by atoms with E-state index in [0.29, 0.717) is 42.4 Å². The average molecular weight is 422 g/mol. The fraction of sp³-hybridized carbons (Fsp3) is 0.636. The lowest BCUT2D eigenvalue weighted by molar-refractivity contribution is -0.116. The smallest absolute Gasteiger partial charge is 0.253 e. The summed E-state index contributed by atoms with van der Waals surface area (Å²) >= 11 is 5.67. The maximum absolute atomic E-state index is 13.0. The molecule has 6 nitrogen and oxygen atoms in total. The fourth-order valence-corrected chi connectivity index (χ4v) is 4.01. The molecule has 7 heteroatoms. The monoisotopic (exact) mass is 421 g/mol. The van der Waals surface area contributed by atoms with Gasteiger partial charge in [0.05, 0.1) is 11.7 Å². The predicted molar refractivity (Wildman–Crippen MR) is 117 cm³/mol. The van der Waals surface area contributed by atoms with Crippen molar-refractivity contribution >= 4 is 34.8 Å². The van der Waals surface area contributed by atoms with Crippen molar-refractivity contribution in [1.82, 2.24) is 5.32 Å². The molecule has 29 heavy (non-hydrogen) atoms. The second-order valence-electron chi connectivity index (χ2n) is 8.09. The van der Waals surface area contributed by atoms with Gasteiger partial charge in [-0.25, -0.2) is 0 Å². The molecule has 2 N–H and O–H groups in total. The summed E-state index contributed by atoms with van der Waals surface area (Å²) in [7, 11) is 0. The minimum absolute atomic E-state index is 0.0871. The maximum atomic E-state index is 13.0. The van der Waals surface area contributed by atoms with Gasteiger partial charge < -0.3 is 20.3 Å². The number of halogens is 1. The van der Waals surface area contributed by atoms with Gasteiger partial charge in [-0.15, -0.1) is 11.6 Å². The van der Waals surface area contributed by atoms with Crippen LogP contribution >= 0.6 is 11.6 Å². The highest BCUT2D eigenvalue weighted by atomic mass is 35.5. The topological polar surface area (TPSA) is 70.7 Å². The molecule has 0 bridgehead atoms. The fourth-order valence-electron chi connectivity index (χ4n) is 3.88. The number of alkyl halides is 1. The van der Waals surface area contributed by atoms with Gasteiger partial charge in [0.2, 0.25) is 5.91 Å². The lowest BCUT2D eigenvalue weighted by Gasteiger charge is -2.33. The molecule has 2 aliphatic heterocycles. The molecular formula is C22H32ClN3O3. The van der Waals surface area contributed by atoms with Gasteiger partial charge in [0.15, 0.2) is 0 Å². The van der Waals surface area contributed by atoms with Crippen LogP contribution in [0.25, 0.3) is 0 Å².